The molecule has 0 spiro atoms. The maximum Gasteiger partial charge on any atom is 0.416 e. The zero-order chi connectivity index (χ0) is 20.2. The Morgan fingerprint density at radius 2 is 2.00 bits per heavy atom. The number of anilines is 1. The van der Waals surface area contributed by atoms with Crippen LogP contribution in [0.1, 0.15) is 72.4 Å². The van der Waals surface area contributed by atoms with Crippen LogP contribution in [0.3, 0.4) is 0 Å². The summed E-state index contributed by atoms with van der Waals surface area (Å²) < 4.78 is 5.54. The third kappa shape index (κ3) is 5.94. The Bertz CT molecular complexity index is 650. The summed E-state index contributed by atoms with van der Waals surface area (Å²) in [6, 6.07) is 3.90. The third-order valence-electron chi connectivity index (χ3n) is 4.50. The molecule has 1 atom stereocenters. The van der Waals surface area contributed by atoms with Crippen molar-refractivity contribution in [1.82, 2.24) is 9.88 Å². The van der Waals surface area contributed by atoms with Gasteiger partial charge in [0.05, 0.1) is 6.04 Å². The van der Waals surface area contributed by atoms with E-state index < -0.39 is 5.60 Å². The third-order valence-corrected chi connectivity index (χ3v) is 4.50. The van der Waals surface area contributed by atoms with Crippen molar-refractivity contribution in [2.75, 3.05) is 18.0 Å². The highest BCUT2D eigenvalue weighted by atomic mass is 16.6. The Balaban J connectivity index is 2.23. The van der Waals surface area contributed by atoms with Crippen molar-refractivity contribution in [1.29, 1.82) is 0 Å². The van der Waals surface area contributed by atoms with Gasteiger partial charge in [0.25, 0.3) is 0 Å². The topological polar surface area (TPSA) is 62.7 Å². The molecule has 1 aliphatic heterocycles. The quantitative estimate of drug-likeness (QED) is 0.774. The monoisotopic (exact) mass is 375 g/mol. The van der Waals surface area contributed by atoms with E-state index in [1.54, 1.807) is 18.0 Å². The van der Waals surface area contributed by atoms with Gasteiger partial charge in [-0.3, -0.25) is 9.69 Å². The number of carbonyl (C=O) groups is 2. The van der Waals surface area contributed by atoms with Crippen LogP contribution in [0.5, 0.6) is 0 Å². The Labute approximate surface area is 162 Å². The van der Waals surface area contributed by atoms with Gasteiger partial charge in [-0.25, -0.2) is 9.78 Å². The largest absolute Gasteiger partial charge is 0.443 e. The van der Waals surface area contributed by atoms with E-state index in [0.717, 1.165) is 31.4 Å². The van der Waals surface area contributed by atoms with Crippen LogP contribution in [0.15, 0.2) is 18.3 Å². The maximum absolute atomic E-state index is 12.6. The van der Waals surface area contributed by atoms with Gasteiger partial charge in [0.2, 0.25) is 5.91 Å². The first kappa shape index (κ1) is 21.2. The molecule has 1 saturated heterocycles. The maximum atomic E-state index is 12.6. The lowest BCUT2D eigenvalue weighted by atomic mass is 9.96. The molecule has 2 amide bonds. The van der Waals surface area contributed by atoms with Crippen LogP contribution in [-0.2, 0) is 9.53 Å². The van der Waals surface area contributed by atoms with E-state index in [9.17, 15) is 9.59 Å². The first-order valence-corrected chi connectivity index (χ1v) is 9.82. The number of piperidine rings is 1. The number of amides is 2. The normalized spacial score (nSPS) is 17.7. The van der Waals surface area contributed by atoms with Gasteiger partial charge in [-0.15, -0.1) is 0 Å². The molecule has 0 aromatic carbocycles. The van der Waals surface area contributed by atoms with Crippen molar-refractivity contribution in [3.63, 3.8) is 0 Å². The number of likely N-dealkylation sites (tertiary alicyclic amines) is 1. The zero-order valence-corrected chi connectivity index (χ0v) is 17.5. The van der Waals surface area contributed by atoms with Crippen molar-refractivity contribution in [3.05, 3.63) is 23.9 Å². The predicted octanol–water partition coefficient (Wildman–Crippen LogP) is 4.55. The highest BCUT2D eigenvalue weighted by molar-refractivity contribution is 5.86. The van der Waals surface area contributed by atoms with Gasteiger partial charge in [-0.2, -0.15) is 0 Å². The number of nitrogens with zero attached hydrogens (tertiary/aromatic N) is 3. The van der Waals surface area contributed by atoms with Gasteiger partial charge >= 0.3 is 6.09 Å². The van der Waals surface area contributed by atoms with Gasteiger partial charge < -0.3 is 9.64 Å². The molecule has 6 heteroatoms. The van der Waals surface area contributed by atoms with E-state index in [1.807, 2.05) is 37.8 Å². The molecule has 0 unspecified atom stereocenters. The first-order chi connectivity index (χ1) is 12.6. The molecule has 2 rings (SSSR count). The minimum absolute atomic E-state index is 0.0675. The minimum atomic E-state index is -0.559. The highest BCUT2D eigenvalue weighted by Crippen LogP contribution is 2.31. The molecule has 1 aliphatic rings. The summed E-state index contributed by atoms with van der Waals surface area (Å²) in [5.41, 5.74) is 0.457. The molecular weight excluding hydrogens is 342 g/mol. The first-order valence-electron chi connectivity index (χ1n) is 9.82. The number of rotatable bonds is 4. The molecule has 0 saturated carbocycles. The fourth-order valence-corrected chi connectivity index (χ4v) is 3.35. The van der Waals surface area contributed by atoms with E-state index in [0.29, 0.717) is 12.4 Å². The SMILES string of the molecule is CC(=O)N1CCCC[C@@H]1c1ccc(N(CC(C)C)C(=O)OC(C)(C)C)nc1. The lowest BCUT2D eigenvalue weighted by Gasteiger charge is -2.35. The number of hydrogen-bond acceptors (Lipinski definition) is 4. The summed E-state index contributed by atoms with van der Waals surface area (Å²) in [7, 11) is 0. The van der Waals surface area contributed by atoms with E-state index in [-0.39, 0.29) is 24.0 Å². The summed E-state index contributed by atoms with van der Waals surface area (Å²) in [6.07, 6.45) is 4.50. The Morgan fingerprint density at radius 3 is 2.52 bits per heavy atom. The fourth-order valence-electron chi connectivity index (χ4n) is 3.35. The van der Waals surface area contributed by atoms with Crippen LogP contribution in [-0.4, -0.2) is 40.6 Å². The Hall–Kier alpha value is -2.11. The Morgan fingerprint density at radius 1 is 1.30 bits per heavy atom. The summed E-state index contributed by atoms with van der Waals surface area (Å²) in [5.74, 6) is 0.955. The highest BCUT2D eigenvalue weighted by Gasteiger charge is 2.28. The van der Waals surface area contributed by atoms with E-state index >= 15 is 0 Å². The summed E-state index contributed by atoms with van der Waals surface area (Å²) >= 11 is 0. The summed E-state index contributed by atoms with van der Waals surface area (Å²) in [5, 5.41) is 0. The molecule has 150 valence electrons. The van der Waals surface area contributed by atoms with Crippen molar-refractivity contribution in [2.45, 2.75) is 72.4 Å². The van der Waals surface area contributed by atoms with Crippen LogP contribution < -0.4 is 4.90 Å². The molecule has 27 heavy (non-hydrogen) atoms. The zero-order valence-electron chi connectivity index (χ0n) is 17.5. The number of aromatic nitrogens is 1. The van der Waals surface area contributed by atoms with Gasteiger partial charge in [-0.1, -0.05) is 19.9 Å². The van der Waals surface area contributed by atoms with Crippen molar-refractivity contribution in [3.8, 4) is 0 Å². The van der Waals surface area contributed by atoms with Crippen LogP contribution in [0.2, 0.25) is 0 Å². The average Bonchev–Trinajstić information content (AvgIpc) is 2.58. The van der Waals surface area contributed by atoms with E-state index in [2.05, 4.69) is 18.8 Å². The van der Waals surface area contributed by atoms with Gasteiger partial charge in [0, 0.05) is 26.2 Å². The summed E-state index contributed by atoms with van der Waals surface area (Å²) in [4.78, 5) is 32.6. The van der Waals surface area contributed by atoms with E-state index in [4.69, 9.17) is 4.74 Å². The average molecular weight is 376 g/mol. The lowest BCUT2D eigenvalue weighted by Crippen LogP contribution is -2.39. The molecule has 0 radical (unpaired) electrons. The van der Waals surface area contributed by atoms with Crippen LogP contribution in [0, 0.1) is 5.92 Å². The standard InChI is InChI=1S/C21H33N3O3/c1-15(2)14-24(20(26)27-21(4,5)6)19-11-10-17(13-22-19)18-9-7-8-12-23(18)16(3)25/h10-11,13,15,18H,7-9,12,14H2,1-6H3/t18-/m1/s1. The predicted molar refractivity (Wildman–Crippen MR) is 107 cm³/mol. The fraction of sp³-hybridized carbons (Fsp3) is 0.667. The second kappa shape index (κ2) is 8.72. The molecule has 6 nitrogen and oxygen atoms in total. The minimum Gasteiger partial charge on any atom is -0.443 e. The lowest BCUT2D eigenvalue weighted by molar-refractivity contribution is -0.132. The number of carbonyl (C=O) groups excluding carboxylic acids is 2. The molecule has 1 fully saturated rings. The molecule has 1 aromatic rings. The molecule has 2 heterocycles. The molecule has 0 bridgehead atoms. The molecular formula is C21H33N3O3. The second-order valence-electron chi connectivity index (χ2n) is 8.66. The number of ether oxygens (including phenoxy) is 1. The van der Waals surface area contributed by atoms with Crippen molar-refractivity contribution < 1.29 is 14.3 Å². The molecule has 1 aromatic heterocycles. The van der Waals surface area contributed by atoms with Crippen LogP contribution in [0.25, 0.3) is 0 Å². The summed E-state index contributed by atoms with van der Waals surface area (Å²) in [6.45, 7) is 12.6. The van der Waals surface area contributed by atoms with Crippen LogP contribution >= 0.6 is 0 Å². The van der Waals surface area contributed by atoms with Gasteiger partial charge in [-0.05, 0) is 57.6 Å². The number of hydrogen-bond donors (Lipinski definition) is 0. The smallest absolute Gasteiger partial charge is 0.416 e. The van der Waals surface area contributed by atoms with Crippen molar-refractivity contribution >= 4 is 17.8 Å². The number of pyridine rings is 1. The van der Waals surface area contributed by atoms with Gasteiger partial charge in [0.15, 0.2) is 0 Å². The van der Waals surface area contributed by atoms with E-state index in [1.165, 1.54) is 0 Å². The van der Waals surface area contributed by atoms with Crippen molar-refractivity contribution in [2.24, 2.45) is 5.92 Å². The second-order valence-corrected chi connectivity index (χ2v) is 8.66. The Kier molecular flexibility index (Phi) is 6.84. The molecule has 0 aliphatic carbocycles. The van der Waals surface area contributed by atoms with Crippen LogP contribution in [0.4, 0.5) is 10.6 Å². The van der Waals surface area contributed by atoms with Gasteiger partial charge in [0.1, 0.15) is 11.4 Å². The molecule has 0 N–H and O–H groups in total.